The van der Waals surface area contributed by atoms with Crippen LogP contribution in [0.3, 0.4) is 0 Å². The molecule has 0 aliphatic carbocycles. The third kappa shape index (κ3) is 5.06. The van der Waals surface area contributed by atoms with Gasteiger partial charge in [-0.15, -0.1) is 0 Å². The van der Waals surface area contributed by atoms with E-state index in [1.54, 1.807) is 18.2 Å². The van der Waals surface area contributed by atoms with Crippen molar-refractivity contribution in [3.8, 4) is 5.75 Å². The van der Waals surface area contributed by atoms with Crippen molar-refractivity contribution >= 4 is 15.7 Å². The van der Waals surface area contributed by atoms with Gasteiger partial charge < -0.3 is 14.6 Å². The Labute approximate surface area is 113 Å². The molecule has 0 radical (unpaired) electrons. The lowest BCUT2D eigenvalue weighted by atomic mass is 10.2. The molecule has 1 aromatic rings. The third-order valence-corrected chi connectivity index (χ3v) is 3.61. The van der Waals surface area contributed by atoms with Crippen molar-refractivity contribution in [3.63, 3.8) is 0 Å². The van der Waals surface area contributed by atoms with E-state index in [0.717, 1.165) is 0 Å². The van der Waals surface area contributed by atoms with Crippen molar-refractivity contribution < 1.29 is 23.0 Å². The summed E-state index contributed by atoms with van der Waals surface area (Å²) in [6.45, 7) is 2.22. The van der Waals surface area contributed by atoms with Crippen molar-refractivity contribution in [2.75, 3.05) is 30.8 Å². The minimum atomic E-state index is -3.44. The summed E-state index contributed by atoms with van der Waals surface area (Å²) in [6, 6.07) is 4.77. The molecule has 0 heterocycles. The van der Waals surface area contributed by atoms with Crippen LogP contribution >= 0.6 is 0 Å². The summed E-state index contributed by atoms with van der Waals surface area (Å²) in [5, 5.41) is 9.23. The Morgan fingerprint density at radius 3 is 2.68 bits per heavy atom. The van der Waals surface area contributed by atoms with Crippen molar-refractivity contribution in [2.45, 2.75) is 13.5 Å². The zero-order chi connectivity index (χ0) is 14.3. The number of hydrogen-bond donors (Lipinski definition) is 2. The second-order valence-electron chi connectivity index (χ2n) is 3.83. The maximum Gasteiger partial charge on any atom is 0.234 e. The van der Waals surface area contributed by atoms with Gasteiger partial charge in [0.25, 0.3) is 0 Å². The molecule has 0 saturated carbocycles. The second kappa shape index (κ2) is 7.32. The van der Waals surface area contributed by atoms with Gasteiger partial charge in [0.05, 0.1) is 25.6 Å². The Kier molecular flexibility index (Phi) is 6.07. The van der Waals surface area contributed by atoms with E-state index in [4.69, 9.17) is 9.47 Å². The number of benzene rings is 1. The Morgan fingerprint density at radius 1 is 1.37 bits per heavy atom. The summed E-state index contributed by atoms with van der Waals surface area (Å²) in [6.07, 6.45) is 0. The quantitative estimate of drug-likeness (QED) is 0.745. The molecule has 1 rings (SSSR count). The SMILES string of the molecule is CCOc1ccc(NS(=O)(=O)CCOC)cc1CO. The Bertz CT molecular complexity index is 501. The highest BCUT2D eigenvalue weighted by atomic mass is 32.2. The monoisotopic (exact) mass is 289 g/mol. The molecule has 0 aliphatic heterocycles. The lowest BCUT2D eigenvalue weighted by molar-refractivity contribution is 0.217. The summed E-state index contributed by atoms with van der Waals surface area (Å²) in [5.74, 6) is 0.426. The van der Waals surface area contributed by atoms with Gasteiger partial charge in [0.1, 0.15) is 5.75 Å². The number of anilines is 1. The molecule has 1 aromatic carbocycles. The van der Waals surface area contributed by atoms with Crippen LogP contribution in [-0.4, -0.2) is 39.6 Å². The fraction of sp³-hybridized carbons (Fsp3) is 0.500. The smallest absolute Gasteiger partial charge is 0.234 e. The van der Waals surface area contributed by atoms with Gasteiger partial charge in [-0.2, -0.15) is 0 Å². The number of aliphatic hydroxyl groups excluding tert-OH is 1. The van der Waals surface area contributed by atoms with E-state index in [1.807, 2.05) is 6.92 Å². The number of sulfonamides is 1. The minimum Gasteiger partial charge on any atom is -0.494 e. The molecule has 6 nitrogen and oxygen atoms in total. The van der Waals surface area contributed by atoms with Crippen molar-refractivity contribution in [1.29, 1.82) is 0 Å². The van der Waals surface area contributed by atoms with Crippen LogP contribution < -0.4 is 9.46 Å². The molecule has 0 atom stereocenters. The van der Waals surface area contributed by atoms with Crippen LogP contribution in [0.15, 0.2) is 18.2 Å². The first kappa shape index (κ1) is 15.7. The molecular weight excluding hydrogens is 270 g/mol. The summed E-state index contributed by atoms with van der Waals surface area (Å²) < 4.78 is 35.8. The largest absolute Gasteiger partial charge is 0.494 e. The molecule has 0 amide bonds. The van der Waals surface area contributed by atoms with Gasteiger partial charge >= 0.3 is 0 Å². The minimum absolute atomic E-state index is 0.120. The van der Waals surface area contributed by atoms with E-state index in [0.29, 0.717) is 23.6 Å². The van der Waals surface area contributed by atoms with Crippen molar-refractivity contribution in [2.24, 2.45) is 0 Å². The van der Waals surface area contributed by atoms with Crippen LogP contribution in [0.2, 0.25) is 0 Å². The molecule has 0 aliphatic rings. The maximum absolute atomic E-state index is 11.7. The summed E-state index contributed by atoms with van der Waals surface area (Å²) in [7, 11) is -2.00. The van der Waals surface area contributed by atoms with Gasteiger partial charge in [-0.3, -0.25) is 4.72 Å². The predicted octanol–water partition coefficient (Wildman–Crippen LogP) is 0.966. The van der Waals surface area contributed by atoms with Crippen LogP contribution in [0.5, 0.6) is 5.75 Å². The molecule has 0 unspecified atom stereocenters. The Balaban J connectivity index is 2.85. The van der Waals surface area contributed by atoms with Gasteiger partial charge in [-0.25, -0.2) is 8.42 Å². The van der Waals surface area contributed by atoms with Gasteiger partial charge in [-0.1, -0.05) is 0 Å². The number of rotatable bonds is 8. The van der Waals surface area contributed by atoms with Crippen LogP contribution in [0.4, 0.5) is 5.69 Å². The van der Waals surface area contributed by atoms with Crippen LogP contribution in [-0.2, 0) is 21.4 Å². The first-order valence-electron chi connectivity index (χ1n) is 5.88. The van der Waals surface area contributed by atoms with Crippen molar-refractivity contribution in [1.82, 2.24) is 0 Å². The molecule has 7 heteroatoms. The van der Waals surface area contributed by atoms with Crippen LogP contribution in [0.25, 0.3) is 0 Å². The lowest BCUT2D eigenvalue weighted by Crippen LogP contribution is -2.19. The fourth-order valence-corrected chi connectivity index (χ4v) is 2.46. The first-order chi connectivity index (χ1) is 9.02. The molecular formula is C12H19NO5S. The fourth-order valence-electron chi connectivity index (χ4n) is 1.49. The molecule has 19 heavy (non-hydrogen) atoms. The molecule has 0 fully saturated rings. The summed E-state index contributed by atoms with van der Waals surface area (Å²) >= 11 is 0. The average Bonchev–Trinajstić information content (AvgIpc) is 2.38. The van der Waals surface area contributed by atoms with E-state index in [-0.39, 0.29) is 19.0 Å². The standard InChI is InChI=1S/C12H19NO5S/c1-3-18-12-5-4-11(8-10(12)9-14)13-19(15,16)7-6-17-2/h4-5,8,13-14H,3,6-7,9H2,1-2H3. The lowest BCUT2D eigenvalue weighted by Gasteiger charge is -2.12. The highest BCUT2D eigenvalue weighted by Gasteiger charge is 2.11. The zero-order valence-electron chi connectivity index (χ0n) is 11.0. The predicted molar refractivity (Wildman–Crippen MR) is 72.8 cm³/mol. The summed E-state index contributed by atoms with van der Waals surface area (Å²) in [4.78, 5) is 0. The maximum atomic E-state index is 11.7. The van der Waals surface area contributed by atoms with Gasteiger partial charge in [0.15, 0.2) is 0 Å². The van der Waals surface area contributed by atoms with E-state index in [9.17, 15) is 13.5 Å². The Morgan fingerprint density at radius 2 is 2.11 bits per heavy atom. The Hall–Kier alpha value is -1.31. The van der Waals surface area contributed by atoms with E-state index >= 15 is 0 Å². The molecule has 0 spiro atoms. The van der Waals surface area contributed by atoms with Crippen molar-refractivity contribution in [3.05, 3.63) is 23.8 Å². The molecule has 0 bridgehead atoms. The van der Waals surface area contributed by atoms with E-state index in [1.165, 1.54) is 7.11 Å². The highest BCUT2D eigenvalue weighted by Crippen LogP contribution is 2.23. The van der Waals surface area contributed by atoms with E-state index < -0.39 is 10.0 Å². The molecule has 2 N–H and O–H groups in total. The van der Waals surface area contributed by atoms with Gasteiger partial charge in [0.2, 0.25) is 10.0 Å². The van der Waals surface area contributed by atoms with Gasteiger partial charge in [-0.05, 0) is 25.1 Å². The highest BCUT2D eigenvalue weighted by molar-refractivity contribution is 7.92. The number of nitrogens with one attached hydrogen (secondary N) is 1. The number of hydrogen-bond acceptors (Lipinski definition) is 5. The topological polar surface area (TPSA) is 84.9 Å². The van der Waals surface area contributed by atoms with Crippen LogP contribution in [0.1, 0.15) is 12.5 Å². The van der Waals surface area contributed by atoms with E-state index in [2.05, 4.69) is 4.72 Å². The number of ether oxygens (including phenoxy) is 2. The second-order valence-corrected chi connectivity index (χ2v) is 5.67. The molecule has 0 aromatic heterocycles. The van der Waals surface area contributed by atoms with Gasteiger partial charge in [0, 0.05) is 18.4 Å². The first-order valence-corrected chi connectivity index (χ1v) is 7.53. The normalized spacial score (nSPS) is 11.3. The molecule has 0 saturated heterocycles. The molecule has 108 valence electrons. The third-order valence-electron chi connectivity index (χ3n) is 2.36. The zero-order valence-corrected chi connectivity index (χ0v) is 11.9. The van der Waals surface area contributed by atoms with Crippen LogP contribution in [0, 0.1) is 0 Å². The number of methoxy groups -OCH3 is 1. The number of aliphatic hydroxyl groups is 1. The average molecular weight is 289 g/mol. The summed E-state index contributed by atoms with van der Waals surface area (Å²) in [5.41, 5.74) is 0.928.